The van der Waals surface area contributed by atoms with Gasteiger partial charge in [-0.1, -0.05) is 6.07 Å². The van der Waals surface area contributed by atoms with Crippen LogP contribution in [-0.4, -0.2) is 41.4 Å². The number of aliphatic hydroxyl groups excluding tert-OH is 2. The topological polar surface area (TPSA) is 52.9 Å². The van der Waals surface area contributed by atoms with Crippen LogP contribution in [0.4, 0.5) is 0 Å². The maximum atomic E-state index is 9.18. The van der Waals surface area contributed by atoms with Crippen LogP contribution in [0.2, 0.25) is 0 Å². The van der Waals surface area contributed by atoms with Gasteiger partial charge in [0.2, 0.25) is 0 Å². The highest BCUT2D eigenvalue weighted by atomic mass is 16.5. The maximum absolute atomic E-state index is 9.18. The second-order valence-corrected chi connectivity index (χ2v) is 4.92. The third kappa shape index (κ3) is 3.45. The van der Waals surface area contributed by atoms with Crippen LogP contribution in [0, 0.1) is 0 Å². The van der Waals surface area contributed by atoms with Gasteiger partial charge in [-0.3, -0.25) is 0 Å². The molecule has 0 radical (unpaired) electrons. The Bertz CT molecular complexity index is 364. The molecular weight excluding hydrogens is 230 g/mol. The van der Waals surface area contributed by atoms with E-state index in [2.05, 4.69) is 11.9 Å². The highest BCUT2D eigenvalue weighted by Gasteiger charge is 2.18. The molecule has 1 aliphatic heterocycles. The van der Waals surface area contributed by atoms with Crippen molar-refractivity contribution in [3.8, 4) is 5.75 Å². The zero-order valence-corrected chi connectivity index (χ0v) is 10.8. The second kappa shape index (κ2) is 6.18. The Labute approximate surface area is 108 Å². The summed E-state index contributed by atoms with van der Waals surface area (Å²) in [5.74, 6) is 0.750. The molecule has 0 atom stereocenters. The average molecular weight is 251 g/mol. The third-order valence-corrected chi connectivity index (χ3v) is 3.36. The van der Waals surface area contributed by atoms with Crippen LogP contribution in [0.1, 0.15) is 24.0 Å². The number of piperidine rings is 1. The standard InChI is InChI=1S/C14H21NO3/c1-15-4-2-13(3-5-15)18-14-7-11(9-16)6-12(8-14)10-17/h6-8,13,16-17H,2-5,9-10H2,1H3. The molecule has 1 saturated heterocycles. The van der Waals surface area contributed by atoms with E-state index in [1.165, 1.54) is 0 Å². The number of aliphatic hydroxyl groups is 2. The summed E-state index contributed by atoms with van der Waals surface area (Å²) in [6, 6.07) is 5.48. The number of benzene rings is 1. The summed E-state index contributed by atoms with van der Waals surface area (Å²) in [5.41, 5.74) is 1.56. The normalized spacial score (nSPS) is 17.9. The van der Waals surface area contributed by atoms with Gasteiger partial charge in [-0.25, -0.2) is 0 Å². The summed E-state index contributed by atoms with van der Waals surface area (Å²) in [7, 11) is 2.12. The lowest BCUT2D eigenvalue weighted by atomic mass is 10.1. The first-order chi connectivity index (χ1) is 8.71. The predicted molar refractivity (Wildman–Crippen MR) is 69.4 cm³/mol. The van der Waals surface area contributed by atoms with E-state index in [0.29, 0.717) is 0 Å². The van der Waals surface area contributed by atoms with E-state index in [1.807, 2.05) is 12.1 Å². The quantitative estimate of drug-likeness (QED) is 0.842. The minimum atomic E-state index is -0.0302. The number of hydrogen-bond acceptors (Lipinski definition) is 4. The Balaban J connectivity index is 2.03. The van der Waals surface area contributed by atoms with E-state index in [4.69, 9.17) is 4.74 Å². The molecule has 1 fully saturated rings. The maximum Gasteiger partial charge on any atom is 0.120 e. The fourth-order valence-corrected chi connectivity index (χ4v) is 2.27. The van der Waals surface area contributed by atoms with Gasteiger partial charge in [-0.05, 0) is 43.1 Å². The van der Waals surface area contributed by atoms with Crippen LogP contribution in [0.15, 0.2) is 18.2 Å². The summed E-state index contributed by atoms with van der Waals surface area (Å²) in [4.78, 5) is 2.29. The molecule has 0 unspecified atom stereocenters. The summed E-state index contributed by atoms with van der Waals surface area (Å²) in [6.45, 7) is 2.05. The van der Waals surface area contributed by atoms with Crippen molar-refractivity contribution in [3.05, 3.63) is 29.3 Å². The molecule has 0 aliphatic carbocycles. The fraction of sp³-hybridized carbons (Fsp3) is 0.571. The van der Waals surface area contributed by atoms with Gasteiger partial charge in [-0.2, -0.15) is 0 Å². The van der Waals surface area contributed by atoms with Crippen LogP contribution >= 0.6 is 0 Å². The summed E-state index contributed by atoms with van der Waals surface area (Å²) in [5, 5.41) is 18.4. The van der Waals surface area contributed by atoms with E-state index < -0.39 is 0 Å². The first-order valence-corrected chi connectivity index (χ1v) is 6.41. The zero-order chi connectivity index (χ0) is 13.0. The first kappa shape index (κ1) is 13.3. The lowest BCUT2D eigenvalue weighted by Gasteiger charge is -2.29. The van der Waals surface area contributed by atoms with Gasteiger partial charge < -0.3 is 19.8 Å². The van der Waals surface area contributed by atoms with Crippen molar-refractivity contribution < 1.29 is 14.9 Å². The molecular formula is C14H21NO3. The minimum absolute atomic E-state index is 0.0302. The van der Waals surface area contributed by atoms with Gasteiger partial charge in [0.25, 0.3) is 0 Å². The molecule has 0 bridgehead atoms. The molecule has 2 N–H and O–H groups in total. The molecule has 0 amide bonds. The number of ether oxygens (including phenoxy) is 1. The second-order valence-electron chi connectivity index (χ2n) is 4.92. The first-order valence-electron chi connectivity index (χ1n) is 6.41. The Morgan fingerprint density at radius 3 is 2.17 bits per heavy atom. The zero-order valence-electron chi connectivity index (χ0n) is 10.8. The Hall–Kier alpha value is -1.10. The largest absolute Gasteiger partial charge is 0.490 e. The summed E-state index contributed by atoms with van der Waals surface area (Å²) in [6.07, 6.45) is 2.28. The number of likely N-dealkylation sites (tertiary alicyclic amines) is 1. The van der Waals surface area contributed by atoms with Crippen LogP contribution in [0.3, 0.4) is 0 Å². The molecule has 0 aromatic heterocycles. The lowest BCUT2D eigenvalue weighted by Crippen LogP contribution is -2.35. The monoisotopic (exact) mass is 251 g/mol. The Morgan fingerprint density at radius 2 is 1.67 bits per heavy atom. The van der Waals surface area contributed by atoms with Gasteiger partial charge in [-0.15, -0.1) is 0 Å². The smallest absolute Gasteiger partial charge is 0.120 e. The predicted octanol–water partition coefficient (Wildman–Crippen LogP) is 1.14. The van der Waals surface area contributed by atoms with Crippen LogP contribution in [-0.2, 0) is 13.2 Å². The molecule has 18 heavy (non-hydrogen) atoms. The molecule has 1 aromatic carbocycles. The number of rotatable bonds is 4. The van der Waals surface area contributed by atoms with Gasteiger partial charge in [0.05, 0.1) is 13.2 Å². The highest BCUT2D eigenvalue weighted by molar-refractivity contribution is 5.34. The molecule has 100 valence electrons. The van der Waals surface area contributed by atoms with E-state index in [-0.39, 0.29) is 19.3 Å². The van der Waals surface area contributed by atoms with Crippen molar-refractivity contribution in [2.45, 2.75) is 32.2 Å². The SMILES string of the molecule is CN1CCC(Oc2cc(CO)cc(CO)c2)CC1. The van der Waals surface area contributed by atoms with E-state index in [0.717, 1.165) is 42.8 Å². The highest BCUT2D eigenvalue weighted by Crippen LogP contribution is 2.22. The Morgan fingerprint density at radius 1 is 1.11 bits per heavy atom. The van der Waals surface area contributed by atoms with E-state index >= 15 is 0 Å². The lowest BCUT2D eigenvalue weighted by molar-refractivity contribution is 0.114. The molecule has 1 aromatic rings. The van der Waals surface area contributed by atoms with Crippen molar-refractivity contribution >= 4 is 0 Å². The molecule has 1 aliphatic rings. The summed E-state index contributed by atoms with van der Waals surface area (Å²) >= 11 is 0. The van der Waals surface area contributed by atoms with Crippen molar-refractivity contribution in [2.75, 3.05) is 20.1 Å². The van der Waals surface area contributed by atoms with Crippen LogP contribution in [0.5, 0.6) is 5.75 Å². The van der Waals surface area contributed by atoms with Gasteiger partial charge >= 0.3 is 0 Å². The van der Waals surface area contributed by atoms with Crippen molar-refractivity contribution in [1.29, 1.82) is 0 Å². The summed E-state index contributed by atoms with van der Waals surface area (Å²) < 4.78 is 5.94. The van der Waals surface area contributed by atoms with Crippen LogP contribution in [0.25, 0.3) is 0 Å². The van der Waals surface area contributed by atoms with Crippen LogP contribution < -0.4 is 4.74 Å². The molecule has 0 saturated carbocycles. The average Bonchev–Trinajstić information content (AvgIpc) is 2.41. The molecule has 2 rings (SSSR count). The van der Waals surface area contributed by atoms with Crippen molar-refractivity contribution in [1.82, 2.24) is 4.90 Å². The van der Waals surface area contributed by atoms with Gasteiger partial charge in [0.15, 0.2) is 0 Å². The van der Waals surface area contributed by atoms with Gasteiger partial charge in [0.1, 0.15) is 11.9 Å². The molecule has 0 spiro atoms. The molecule has 4 nitrogen and oxygen atoms in total. The minimum Gasteiger partial charge on any atom is -0.490 e. The molecule has 4 heteroatoms. The van der Waals surface area contributed by atoms with Crippen molar-refractivity contribution in [2.24, 2.45) is 0 Å². The van der Waals surface area contributed by atoms with E-state index in [1.54, 1.807) is 6.07 Å². The Kier molecular flexibility index (Phi) is 4.58. The molecule has 1 heterocycles. The number of nitrogens with zero attached hydrogens (tertiary/aromatic N) is 1. The van der Waals surface area contributed by atoms with E-state index in [9.17, 15) is 10.2 Å². The third-order valence-electron chi connectivity index (χ3n) is 3.36. The fourth-order valence-electron chi connectivity index (χ4n) is 2.27. The number of hydrogen-bond donors (Lipinski definition) is 2. The van der Waals surface area contributed by atoms with Gasteiger partial charge in [0, 0.05) is 13.1 Å². The van der Waals surface area contributed by atoms with Crippen molar-refractivity contribution in [3.63, 3.8) is 0 Å².